The predicted molar refractivity (Wildman–Crippen MR) is 60.8 cm³/mol. The normalized spacial score (nSPS) is 12.8. The van der Waals surface area contributed by atoms with Crippen molar-refractivity contribution in [3.8, 4) is 12.3 Å². The van der Waals surface area contributed by atoms with E-state index in [4.69, 9.17) is 11.5 Å². The van der Waals surface area contributed by atoms with Gasteiger partial charge in [-0.3, -0.25) is 0 Å². The highest BCUT2D eigenvalue weighted by Crippen LogP contribution is 2.03. The summed E-state index contributed by atoms with van der Waals surface area (Å²) in [6.07, 6.45) is 5.20. The Labute approximate surface area is 95.6 Å². The molecule has 0 bridgehead atoms. The maximum absolute atomic E-state index is 11.5. The average molecular weight is 226 g/mol. The van der Waals surface area contributed by atoms with Crippen LogP contribution in [-0.2, 0) is 4.79 Å². The molecule has 0 fully saturated rings. The fourth-order valence-corrected chi connectivity index (χ4v) is 1.01. The number of amides is 2. The molecule has 0 aliphatic carbocycles. The molecule has 0 heterocycles. The zero-order valence-electron chi connectivity index (χ0n) is 10.00. The molecule has 0 spiro atoms. The summed E-state index contributed by atoms with van der Waals surface area (Å²) in [5.74, 6) is 1.12. The molecule has 0 radical (unpaired) electrons. The first-order valence-electron chi connectivity index (χ1n) is 4.99. The molecule has 0 aromatic heterocycles. The monoisotopic (exact) mass is 226 g/mol. The summed E-state index contributed by atoms with van der Waals surface area (Å²) in [4.78, 5) is 22.3. The summed E-state index contributed by atoms with van der Waals surface area (Å²) in [6.45, 7) is 6.73. The second kappa shape index (κ2) is 5.40. The third-order valence-corrected chi connectivity index (χ3v) is 2.01. The molecule has 0 rings (SSSR count). The van der Waals surface area contributed by atoms with Gasteiger partial charge in [0.05, 0.1) is 5.54 Å². The molecule has 1 unspecified atom stereocenters. The number of aliphatic carboxylic acids is 1. The van der Waals surface area contributed by atoms with Gasteiger partial charge in [-0.05, 0) is 19.8 Å². The third kappa shape index (κ3) is 4.69. The molecule has 0 saturated heterocycles. The van der Waals surface area contributed by atoms with E-state index in [1.165, 1.54) is 0 Å². The Morgan fingerprint density at radius 3 is 2.19 bits per heavy atom. The van der Waals surface area contributed by atoms with E-state index in [0.29, 0.717) is 0 Å². The van der Waals surface area contributed by atoms with Crippen molar-refractivity contribution in [2.24, 2.45) is 5.92 Å². The van der Waals surface area contributed by atoms with E-state index < -0.39 is 23.6 Å². The Balaban J connectivity index is 4.45. The Morgan fingerprint density at radius 1 is 1.38 bits per heavy atom. The zero-order valence-corrected chi connectivity index (χ0v) is 10.00. The van der Waals surface area contributed by atoms with E-state index >= 15 is 0 Å². The summed E-state index contributed by atoms with van der Waals surface area (Å²) in [7, 11) is 0. The van der Waals surface area contributed by atoms with Gasteiger partial charge in [0.15, 0.2) is 0 Å². The molecular weight excluding hydrogens is 208 g/mol. The highest BCUT2D eigenvalue weighted by atomic mass is 16.4. The van der Waals surface area contributed by atoms with Gasteiger partial charge in [0.2, 0.25) is 0 Å². The number of hydrogen-bond acceptors (Lipinski definition) is 2. The van der Waals surface area contributed by atoms with Gasteiger partial charge in [-0.2, -0.15) is 0 Å². The van der Waals surface area contributed by atoms with Gasteiger partial charge in [0.25, 0.3) is 0 Å². The fourth-order valence-electron chi connectivity index (χ4n) is 1.01. The summed E-state index contributed by atoms with van der Waals surface area (Å²) >= 11 is 0. The number of carbonyl (C=O) groups is 2. The van der Waals surface area contributed by atoms with Crippen LogP contribution in [0.4, 0.5) is 4.79 Å². The van der Waals surface area contributed by atoms with Crippen molar-refractivity contribution < 1.29 is 14.7 Å². The lowest BCUT2D eigenvalue weighted by Gasteiger charge is -2.23. The van der Waals surface area contributed by atoms with Crippen molar-refractivity contribution in [1.29, 1.82) is 0 Å². The van der Waals surface area contributed by atoms with Crippen molar-refractivity contribution in [1.82, 2.24) is 10.6 Å². The van der Waals surface area contributed by atoms with Crippen LogP contribution in [0.3, 0.4) is 0 Å². The maximum Gasteiger partial charge on any atom is 0.326 e. The molecule has 90 valence electrons. The van der Waals surface area contributed by atoms with Gasteiger partial charge in [-0.15, -0.1) is 6.42 Å². The van der Waals surface area contributed by atoms with Crippen LogP contribution in [0.25, 0.3) is 0 Å². The maximum atomic E-state index is 11.5. The number of hydrogen-bond donors (Lipinski definition) is 3. The van der Waals surface area contributed by atoms with Crippen LogP contribution in [0.2, 0.25) is 0 Å². The summed E-state index contributed by atoms with van der Waals surface area (Å²) in [5, 5.41) is 13.7. The minimum atomic E-state index is -1.07. The Hall–Kier alpha value is -1.70. The second-order valence-electron chi connectivity index (χ2n) is 4.43. The van der Waals surface area contributed by atoms with Crippen LogP contribution < -0.4 is 10.6 Å². The van der Waals surface area contributed by atoms with E-state index in [0.717, 1.165) is 0 Å². The molecule has 0 aromatic rings. The first-order valence-corrected chi connectivity index (χ1v) is 4.99. The van der Waals surface area contributed by atoms with Crippen LogP contribution in [0, 0.1) is 18.3 Å². The smallest absolute Gasteiger partial charge is 0.326 e. The Morgan fingerprint density at radius 2 is 1.88 bits per heavy atom. The van der Waals surface area contributed by atoms with Gasteiger partial charge in [-0.1, -0.05) is 19.8 Å². The van der Waals surface area contributed by atoms with Crippen molar-refractivity contribution in [3.05, 3.63) is 0 Å². The first kappa shape index (κ1) is 14.3. The van der Waals surface area contributed by atoms with Gasteiger partial charge in [-0.25, -0.2) is 9.59 Å². The molecule has 0 saturated carbocycles. The lowest BCUT2D eigenvalue weighted by atomic mass is 10.0. The summed E-state index contributed by atoms with van der Waals surface area (Å²) in [6, 6.07) is -1.50. The van der Waals surface area contributed by atoms with Crippen LogP contribution in [0.15, 0.2) is 0 Å². The number of carboxylic acids is 1. The average Bonchev–Trinajstić information content (AvgIpc) is 2.12. The van der Waals surface area contributed by atoms with Gasteiger partial charge in [0.1, 0.15) is 6.04 Å². The zero-order chi connectivity index (χ0) is 12.9. The van der Waals surface area contributed by atoms with Gasteiger partial charge < -0.3 is 15.7 Å². The summed E-state index contributed by atoms with van der Waals surface area (Å²) < 4.78 is 0. The lowest BCUT2D eigenvalue weighted by Crippen LogP contribution is -2.53. The first-order chi connectivity index (χ1) is 7.19. The number of nitrogens with one attached hydrogen (secondary N) is 2. The SMILES string of the molecule is C#CC(C)(C)NC(=O)NC(C(=O)O)C(C)C. The molecule has 0 aromatic carbocycles. The second-order valence-corrected chi connectivity index (χ2v) is 4.43. The molecule has 0 aliphatic rings. The van der Waals surface area contributed by atoms with E-state index in [2.05, 4.69) is 16.6 Å². The topological polar surface area (TPSA) is 78.4 Å². The van der Waals surface area contributed by atoms with Gasteiger partial charge >= 0.3 is 12.0 Å². The molecule has 3 N–H and O–H groups in total. The molecule has 0 aliphatic heterocycles. The van der Waals surface area contributed by atoms with Crippen molar-refractivity contribution in [2.75, 3.05) is 0 Å². The van der Waals surface area contributed by atoms with Crippen molar-refractivity contribution in [3.63, 3.8) is 0 Å². The van der Waals surface area contributed by atoms with E-state index in [9.17, 15) is 9.59 Å². The number of terminal acetylenes is 1. The molecular formula is C11H18N2O3. The third-order valence-electron chi connectivity index (χ3n) is 2.01. The van der Waals surface area contributed by atoms with E-state index in [1.54, 1.807) is 27.7 Å². The largest absolute Gasteiger partial charge is 0.480 e. The van der Waals surface area contributed by atoms with Crippen molar-refractivity contribution >= 4 is 12.0 Å². The number of carbonyl (C=O) groups excluding carboxylic acids is 1. The minimum absolute atomic E-state index is 0.197. The number of rotatable bonds is 4. The molecule has 16 heavy (non-hydrogen) atoms. The van der Waals surface area contributed by atoms with Crippen LogP contribution in [-0.4, -0.2) is 28.7 Å². The molecule has 1 atom stereocenters. The van der Waals surface area contributed by atoms with Crippen LogP contribution in [0.5, 0.6) is 0 Å². The molecule has 2 amide bonds. The Bertz CT molecular complexity index is 316. The van der Waals surface area contributed by atoms with Crippen molar-refractivity contribution in [2.45, 2.75) is 39.3 Å². The fraction of sp³-hybridized carbons (Fsp3) is 0.636. The molecule has 5 nitrogen and oxygen atoms in total. The highest BCUT2D eigenvalue weighted by Gasteiger charge is 2.25. The van der Waals surface area contributed by atoms with Crippen LogP contribution >= 0.6 is 0 Å². The highest BCUT2D eigenvalue weighted by molar-refractivity contribution is 5.83. The van der Waals surface area contributed by atoms with E-state index in [1.807, 2.05) is 0 Å². The molecule has 5 heteroatoms. The quantitative estimate of drug-likeness (QED) is 0.621. The van der Waals surface area contributed by atoms with E-state index in [-0.39, 0.29) is 5.92 Å². The predicted octanol–water partition coefficient (Wildman–Crippen LogP) is 0.807. The van der Waals surface area contributed by atoms with Gasteiger partial charge in [0, 0.05) is 0 Å². The lowest BCUT2D eigenvalue weighted by molar-refractivity contribution is -0.140. The number of carboxylic acid groups (broad SMARTS) is 1. The standard InChI is InChI=1S/C11H18N2O3/c1-6-11(4,5)13-10(16)12-8(7(2)3)9(14)15/h1,7-8H,2-5H3,(H,14,15)(H2,12,13,16). The van der Waals surface area contributed by atoms with Crippen LogP contribution in [0.1, 0.15) is 27.7 Å². The number of urea groups is 1. The Kier molecular flexibility index (Phi) is 4.83. The summed E-state index contributed by atoms with van der Waals surface area (Å²) in [5.41, 5.74) is -0.801. The minimum Gasteiger partial charge on any atom is -0.480 e.